The second-order valence-corrected chi connectivity index (χ2v) is 6.75. The molecule has 0 atom stereocenters. The van der Waals surface area contributed by atoms with Gasteiger partial charge in [-0.15, -0.1) is 0 Å². The van der Waals surface area contributed by atoms with Crippen molar-refractivity contribution in [1.82, 2.24) is 4.90 Å². The molecule has 0 bridgehead atoms. The first-order valence-electron chi connectivity index (χ1n) is 8.69. The Morgan fingerprint density at radius 3 is 2.48 bits per heavy atom. The first kappa shape index (κ1) is 19.2. The molecule has 3 rings (SSSR count). The van der Waals surface area contributed by atoms with Crippen molar-refractivity contribution >= 4 is 29.2 Å². The Kier molecular flexibility index (Phi) is 6.29. The summed E-state index contributed by atoms with van der Waals surface area (Å²) in [5, 5.41) is 0.677. The number of nitrogens with zero attached hydrogens (tertiary/aromatic N) is 2. The maximum atomic E-state index is 13.1. The second kappa shape index (κ2) is 8.86. The molecule has 7 heteroatoms. The molecule has 142 valence electrons. The van der Waals surface area contributed by atoms with Gasteiger partial charge in [0.15, 0.2) is 6.61 Å². The van der Waals surface area contributed by atoms with E-state index in [1.54, 1.807) is 11.0 Å². The van der Waals surface area contributed by atoms with Gasteiger partial charge in [-0.05, 0) is 35.9 Å². The van der Waals surface area contributed by atoms with Crippen LogP contribution in [-0.4, -0.2) is 49.6 Å². The molecule has 1 fully saturated rings. The van der Waals surface area contributed by atoms with E-state index in [-0.39, 0.29) is 18.9 Å². The largest absolute Gasteiger partial charge is 0.455 e. The highest BCUT2D eigenvalue weighted by Crippen LogP contribution is 2.20. The number of halogens is 2. The number of hydrogen-bond donors (Lipinski definition) is 0. The number of carbonyl (C=O) groups excluding carboxylic acids is 2. The van der Waals surface area contributed by atoms with Crippen molar-refractivity contribution in [3.8, 4) is 0 Å². The van der Waals surface area contributed by atoms with Crippen LogP contribution in [0.4, 0.5) is 10.1 Å². The summed E-state index contributed by atoms with van der Waals surface area (Å²) in [4.78, 5) is 27.9. The van der Waals surface area contributed by atoms with Crippen molar-refractivity contribution in [1.29, 1.82) is 0 Å². The number of benzene rings is 2. The molecule has 1 amide bonds. The maximum absolute atomic E-state index is 13.1. The molecule has 0 N–H and O–H groups in total. The summed E-state index contributed by atoms with van der Waals surface area (Å²) < 4.78 is 18.2. The third kappa shape index (κ3) is 5.44. The predicted molar refractivity (Wildman–Crippen MR) is 101 cm³/mol. The molecule has 0 aromatic heterocycles. The Hall–Kier alpha value is -2.60. The number of ether oxygens (including phenoxy) is 1. The Balaban J connectivity index is 1.43. The number of piperazine rings is 1. The van der Waals surface area contributed by atoms with Crippen molar-refractivity contribution in [2.24, 2.45) is 0 Å². The van der Waals surface area contributed by atoms with E-state index in [2.05, 4.69) is 4.90 Å². The molecule has 1 aliphatic rings. The van der Waals surface area contributed by atoms with Gasteiger partial charge in [-0.1, -0.05) is 29.8 Å². The van der Waals surface area contributed by atoms with Gasteiger partial charge in [0.05, 0.1) is 6.42 Å². The molecule has 0 radical (unpaired) electrons. The van der Waals surface area contributed by atoms with E-state index < -0.39 is 11.8 Å². The van der Waals surface area contributed by atoms with Crippen LogP contribution < -0.4 is 4.90 Å². The van der Waals surface area contributed by atoms with Gasteiger partial charge in [0.25, 0.3) is 5.91 Å². The molecular formula is C20H20ClFN2O3. The Labute approximate surface area is 162 Å². The lowest BCUT2D eigenvalue weighted by molar-refractivity contribution is -0.151. The van der Waals surface area contributed by atoms with Crippen LogP contribution in [0.15, 0.2) is 48.5 Å². The molecule has 5 nitrogen and oxygen atoms in total. The number of hydrogen-bond acceptors (Lipinski definition) is 4. The van der Waals surface area contributed by atoms with Crippen LogP contribution in [0.5, 0.6) is 0 Å². The second-order valence-electron chi connectivity index (χ2n) is 6.32. The minimum absolute atomic E-state index is 0.0619. The van der Waals surface area contributed by atoms with Gasteiger partial charge in [-0.25, -0.2) is 4.39 Å². The minimum Gasteiger partial charge on any atom is -0.455 e. The van der Waals surface area contributed by atoms with Crippen LogP contribution in [0, 0.1) is 5.82 Å². The summed E-state index contributed by atoms with van der Waals surface area (Å²) in [7, 11) is 0. The van der Waals surface area contributed by atoms with Crippen LogP contribution in [-0.2, 0) is 20.7 Å². The van der Waals surface area contributed by atoms with Crippen LogP contribution in [0.2, 0.25) is 5.02 Å². The van der Waals surface area contributed by atoms with E-state index in [1.807, 2.05) is 24.3 Å². The summed E-state index contributed by atoms with van der Waals surface area (Å²) in [5.74, 6) is -1.19. The number of rotatable bonds is 5. The number of amides is 1. The topological polar surface area (TPSA) is 49.9 Å². The normalized spacial score (nSPS) is 14.1. The average molecular weight is 391 g/mol. The first-order chi connectivity index (χ1) is 13.0. The molecule has 2 aromatic rings. The number of esters is 1. The van der Waals surface area contributed by atoms with Crippen LogP contribution in [0.1, 0.15) is 5.56 Å². The molecule has 2 aromatic carbocycles. The van der Waals surface area contributed by atoms with Crippen molar-refractivity contribution in [2.45, 2.75) is 6.42 Å². The zero-order chi connectivity index (χ0) is 19.2. The predicted octanol–water partition coefficient (Wildman–Crippen LogP) is 2.91. The van der Waals surface area contributed by atoms with Gasteiger partial charge in [-0.2, -0.15) is 0 Å². The summed E-state index contributed by atoms with van der Waals surface area (Å²) in [5.41, 5.74) is 1.54. The van der Waals surface area contributed by atoms with Crippen LogP contribution >= 0.6 is 11.6 Å². The summed E-state index contributed by atoms with van der Waals surface area (Å²) in [6.45, 7) is 2.16. The highest BCUT2D eigenvalue weighted by Gasteiger charge is 2.22. The molecule has 0 unspecified atom stereocenters. The van der Waals surface area contributed by atoms with Gasteiger partial charge < -0.3 is 14.5 Å². The lowest BCUT2D eigenvalue weighted by atomic mass is 10.1. The number of anilines is 1. The number of carbonyl (C=O) groups is 2. The standard InChI is InChI=1S/C20H20ClFN2O3/c21-16-4-2-6-18(13-16)23-7-9-24(10-8-23)19(25)14-27-20(26)12-15-3-1-5-17(22)11-15/h1-6,11,13H,7-10,12,14H2. The summed E-state index contributed by atoms with van der Waals surface area (Å²) in [6.07, 6.45) is -0.0619. The molecular weight excluding hydrogens is 371 g/mol. The maximum Gasteiger partial charge on any atom is 0.310 e. The van der Waals surface area contributed by atoms with Crippen molar-refractivity contribution in [2.75, 3.05) is 37.7 Å². The molecule has 1 saturated heterocycles. The molecule has 0 spiro atoms. The first-order valence-corrected chi connectivity index (χ1v) is 9.07. The third-order valence-corrected chi connectivity index (χ3v) is 4.63. The van der Waals surface area contributed by atoms with E-state index in [0.717, 1.165) is 5.69 Å². The fourth-order valence-corrected chi connectivity index (χ4v) is 3.17. The van der Waals surface area contributed by atoms with Gasteiger partial charge in [0.1, 0.15) is 5.82 Å². The zero-order valence-corrected chi connectivity index (χ0v) is 15.5. The fourth-order valence-electron chi connectivity index (χ4n) is 2.99. The van der Waals surface area contributed by atoms with Crippen molar-refractivity contribution < 1.29 is 18.7 Å². The van der Waals surface area contributed by atoms with Crippen molar-refractivity contribution in [3.05, 3.63) is 64.9 Å². The smallest absolute Gasteiger partial charge is 0.310 e. The Morgan fingerprint density at radius 1 is 1.04 bits per heavy atom. The van der Waals surface area contributed by atoms with Gasteiger partial charge in [-0.3, -0.25) is 9.59 Å². The highest BCUT2D eigenvalue weighted by molar-refractivity contribution is 6.30. The van der Waals surface area contributed by atoms with E-state index in [1.165, 1.54) is 18.2 Å². The molecule has 0 saturated carbocycles. The molecule has 27 heavy (non-hydrogen) atoms. The van der Waals surface area contributed by atoms with E-state index in [0.29, 0.717) is 36.8 Å². The van der Waals surface area contributed by atoms with Gasteiger partial charge in [0.2, 0.25) is 0 Å². The van der Waals surface area contributed by atoms with Gasteiger partial charge >= 0.3 is 5.97 Å². The summed E-state index contributed by atoms with van der Waals surface area (Å²) in [6, 6.07) is 13.4. The lowest BCUT2D eigenvalue weighted by Gasteiger charge is -2.36. The SMILES string of the molecule is O=C(Cc1cccc(F)c1)OCC(=O)N1CCN(c2cccc(Cl)c2)CC1. The third-order valence-electron chi connectivity index (χ3n) is 4.40. The van der Waals surface area contributed by atoms with E-state index in [9.17, 15) is 14.0 Å². The average Bonchev–Trinajstić information content (AvgIpc) is 2.66. The molecule has 1 heterocycles. The zero-order valence-electron chi connectivity index (χ0n) is 14.7. The summed E-state index contributed by atoms with van der Waals surface area (Å²) >= 11 is 6.02. The monoisotopic (exact) mass is 390 g/mol. The minimum atomic E-state index is -0.550. The quantitative estimate of drug-likeness (QED) is 0.737. The Morgan fingerprint density at radius 2 is 1.78 bits per heavy atom. The molecule has 1 aliphatic heterocycles. The fraction of sp³-hybridized carbons (Fsp3) is 0.300. The van der Waals surface area contributed by atoms with Gasteiger partial charge in [0, 0.05) is 36.9 Å². The molecule has 0 aliphatic carbocycles. The van der Waals surface area contributed by atoms with E-state index >= 15 is 0 Å². The highest BCUT2D eigenvalue weighted by atomic mass is 35.5. The Bertz CT molecular complexity index is 822. The van der Waals surface area contributed by atoms with E-state index in [4.69, 9.17) is 16.3 Å². The van der Waals surface area contributed by atoms with Crippen LogP contribution in [0.3, 0.4) is 0 Å². The lowest BCUT2D eigenvalue weighted by Crippen LogP contribution is -2.50. The van der Waals surface area contributed by atoms with Crippen molar-refractivity contribution in [3.63, 3.8) is 0 Å². The van der Waals surface area contributed by atoms with Crippen LogP contribution in [0.25, 0.3) is 0 Å².